The molecule has 0 saturated carbocycles. The Kier molecular flexibility index (Phi) is 5.90. The van der Waals surface area contributed by atoms with Crippen LogP contribution in [0, 0.1) is 11.8 Å². The summed E-state index contributed by atoms with van der Waals surface area (Å²) in [4.78, 5) is 11.0. The second kappa shape index (κ2) is 8.11. The molecule has 24 heavy (non-hydrogen) atoms. The van der Waals surface area contributed by atoms with Gasteiger partial charge in [-0.05, 0) is 35.9 Å². The summed E-state index contributed by atoms with van der Waals surface area (Å²) in [6.45, 7) is -0.0148. The van der Waals surface area contributed by atoms with E-state index in [1.807, 2.05) is 30.3 Å². The number of amides is 1. The average Bonchev–Trinajstić information content (AvgIpc) is 2.58. The second-order valence-electron chi connectivity index (χ2n) is 4.82. The molecule has 0 aromatic heterocycles. The molecule has 2 aromatic carbocycles. The molecule has 0 aliphatic rings. The van der Waals surface area contributed by atoms with Gasteiger partial charge in [-0.15, -0.1) is 0 Å². The van der Waals surface area contributed by atoms with E-state index in [1.165, 1.54) is 6.08 Å². The van der Waals surface area contributed by atoms with Gasteiger partial charge in [0.25, 0.3) is 0 Å². The molecule has 0 heterocycles. The maximum Gasteiger partial charge on any atom is 0.248 e. The van der Waals surface area contributed by atoms with E-state index in [0.29, 0.717) is 11.1 Å². The number of hydrogen-bond donors (Lipinski definition) is 2. The minimum atomic E-state index is -3.55. The zero-order valence-corrected chi connectivity index (χ0v) is 13.6. The highest BCUT2D eigenvalue weighted by molar-refractivity contribution is 7.92. The molecule has 0 bridgehead atoms. The molecular weight excluding hydrogens is 324 g/mol. The van der Waals surface area contributed by atoms with Crippen LogP contribution < -0.4 is 10.5 Å². The van der Waals surface area contributed by atoms with Crippen molar-refractivity contribution in [2.24, 2.45) is 5.73 Å². The summed E-state index contributed by atoms with van der Waals surface area (Å²) in [5.41, 5.74) is 7.00. The van der Waals surface area contributed by atoms with Gasteiger partial charge in [-0.2, -0.15) is 4.72 Å². The van der Waals surface area contributed by atoms with E-state index < -0.39 is 15.9 Å². The third-order valence-electron chi connectivity index (χ3n) is 3.00. The van der Waals surface area contributed by atoms with Gasteiger partial charge in [0.1, 0.15) is 0 Å². The molecule has 0 atom stereocenters. The van der Waals surface area contributed by atoms with E-state index in [-0.39, 0.29) is 6.54 Å². The summed E-state index contributed by atoms with van der Waals surface area (Å²) in [5, 5.41) is 1.10. The lowest BCUT2D eigenvalue weighted by Gasteiger charge is -1.97. The predicted octanol–water partition coefficient (Wildman–Crippen LogP) is 1.73. The fourth-order valence-corrected chi connectivity index (χ4v) is 2.49. The molecule has 6 heteroatoms. The van der Waals surface area contributed by atoms with Crippen molar-refractivity contribution in [3.8, 4) is 11.8 Å². The minimum absolute atomic E-state index is 0.0148. The van der Waals surface area contributed by atoms with E-state index >= 15 is 0 Å². The Labute approximate surface area is 141 Å². The molecule has 1 amide bonds. The zero-order chi connectivity index (χ0) is 17.4. The van der Waals surface area contributed by atoms with Crippen LogP contribution in [0.15, 0.2) is 60.0 Å². The number of sulfonamides is 1. The number of carbonyl (C=O) groups is 1. The van der Waals surface area contributed by atoms with Gasteiger partial charge in [0.05, 0.1) is 6.54 Å². The average molecular weight is 340 g/mol. The van der Waals surface area contributed by atoms with Gasteiger partial charge >= 0.3 is 0 Å². The number of benzene rings is 2. The highest BCUT2D eigenvalue weighted by atomic mass is 32.2. The summed E-state index contributed by atoms with van der Waals surface area (Å²) >= 11 is 0. The number of nitrogens with two attached hydrogens (primary N) is 1. The molecule has 0 aliphatic carbocycles. The third kappa shape index (κ3) is 5.72. The smallest absolute Gasteiger partial charge is 0.248 e. The lowest BCUT2D eigenvalue weighted by Crippen LogP contribution is -2.21. The molecule has 0 saturated heterocycles. The second-order valence-corrected chi connectivity index (χ2v) is 6.47. The van der Waals surface area contributed by atoms with Crippen LogP contribution in [0.2, 0.25) is 0 Å². The number of primary amides is 1. The monoisotopic (exact) mass is 340 g/mol. The Hall–Kier alpha value is -2.88. The molecule has 0 spiro atoms. The maximum absolute atomic E-state index is 11.8. The molecule has 0 radical (unpaired) electrons. The summed E-state index contributed by atoms with van der Waals surface area (Å²) in [6.07, 6.45) is 1.51. The van der Waals surface area contributed by atoms with Crippen LogP contribution in [0.25, 0.3) is 6.08 Å². The first-order valence-electron chi connectivity index (χ1n) is 7.08. The zero-order valence-electron chi connectivity index (χ0n) is 12.8. The molecular formula is C18H16N2O3S. The Morgan fingerprint density at radius 1 is 1.08 bits per heavy atom. The number of hydrogen-bond acceptors (Lipinski definition) is 3. The van der Waals surface area contributed by atoms with Crippen LogP contribution in [0.1, 0.15) is 21.5 Å². The van der Waals surface area contributed by atoms with Gasteiger partial charge in [-0.3, -0.25) is 4.79 Å². The highest BCUT2D eigenvalue weighted by Gasteiger charge is 2.02. The largest absolute Gasteiger partial charge is 0.366 e. The Bertz CT molecular complexity index is 891. The lowest BCUT2D eigenvalue weighted by atomic mass is 10.1. The summed E-state index contributed by atoms with van der Waals surface area (Å²) in [5.74, 6) is 5.01. The van der Waals surface area contributed by atoms with Crippen LogP contribution in [0.4, 0.5) is 0 Å². The van der Waals surface area contributed by atoms with Gasteiger partial charge in [-0.25, -0.2) is 8.42 Å². The van der Waals surface area contributed by atoms with E-state index in [2.05, 4.69) is 16.6 Å². The van der Waals surface area contributed by atoms with E-state index in [1.54, 1.807) is 24.3 Å². The van der Waals surface area contributed by atoms with Crippen molar-refractivity contribution >= 4 is 22.0 Å². The quantitative estimate of drug-likeness (QED) is 0.812. The summed E-state index contributed by atoms with van der Waals surface area (Å²) in [6, 6.07) is 15.6. The minimum Gasteiger partial charge on any atom is -0.366 e. The van der Waals surface area contributed by atoms with Crippen molar-refractivity contribution in [1.29, 1.82) is 0 Å². The van der Waals surface area contributed by atoms with Gasteiger partial charge in [0.15, 0.2) is 0 Å². The first-order valence-corrected chi connectivity index (χ1v) is 8.62. The van der Waals surface area contributed by atoms with Crippen LogP contribution >= 0.6 is 0 Å². The molecule has 2 aromatic rings. The fraction of sp³-hybridized carbons (Fsp3) is 0.0556. The van der Waals surface area contributed by atoms with Crippen molar-refractivity contribution in [2.75, 3.05) is 6.54 Å². The van der Waals surface area contributed by atoms with Crippen molar-refractivity contribution in [1.82, 2.24) is 4.72 Å². The van der Waals surface area contributed by atoms with Crippen molar-refractivity contribution in [3.05, 3.63) is 76.7 Å². The molecule has 5 nitrogen and oxygen atoms in total. The predicted molar refractivity (Wildman–Crippen MR) is 94.2 cm³/mol. The van der Waals surface area contributed by atoms with Crippen LogP contribution in [0.3, 0.4) is 0 Å². The molecule has 0 fully saturated rings. The van der Waals surface area contributed by atoms with Crippen LogP contribution in [-0.4, -0.2) is 20.9 Å². The maximum atomic E-state index is 11.8. The first kappa shape index (κ1) is 17.5. The normalized spacial score (nSPS) is 11.0. The SMILES string of the molecule is NC(=O)c1ccc(C#CCNS(=O)(=O)/C=C/c2ccccc2)cc1. The highest BCUT2D eigenvalue weighted by Crippen LogP contribution is 2.03. The lowest BCUT2D eigenvalue weighted by molar-refractivity contribution is 0.100. The van der Waals surface area contributed by atoms with Crippen molar-refractivity contribution in [3.63, 3.8) is 0 Å². The topological polar surface area (TPSA) is 89.3 Å². The van der Waals surface area contributed by atoms with Gasteiger partial charge < -0.3 is 5.73 Å². The van der Waals surface area contributed by atoms with E-state index in [4.69, 9.17) is 5.73 Å². The van der Waals surface area contributed by atoms with Crippen molar-refractivity contribution in [2.45, 2.75) is 0 Å². The Balaban J connectivity index is 1.91. The fourth-order valence-electron chi connectivity index (χ4n) is 1.78. The molecule has 0 unspecified atom stereocenters. The third-order valence-corrected chi connectivity index (χ3v) is 4.04. The van der Waals surface area contributed by atoms with Crippen LogP contribution in [-0.2, 0) is 10.0 Å². The van der Waals surface area contributed by atoms with Crippen molar-refractivity contribution < 1.29 is 13.2 Å². The van der Waals surface area contributed by atoms with Crippen LogP contribution in [0.5, 0.6) is 0 Å². The summed E-state index contributed by atoms with van der Waals surface area (Å²) < 4.78 is 26.0. The van der Waals surface area contributed by atoms with Gasteiger partial charge in [0, 0.05) is 16.5 Å². The number of carbonyl (C=O) groups excluding carboxylic acids is 1. The standard InChI is InChI=1S/C18H16N2O3S/c19-18(21)17-10-8-16(9-11-17)7-4-13-20-24(22,23)14-12-15-5-2-1-3-6-15/h1-3,5-6,8-12,14,20H,13H2,(H2,19,21)/b14-12+. The Morgan fingerprint density at radius 2 is 1.75 bits per heavy atom. The van der Waals surface area contributed by atoms with E-state index in [0.717, 1.165) is 11.0 Å². The molecule has 3 N–H and O–H groups in total. The molecule has 122 valence electrons. The number of rotatable bonds is 5. The molecule has 0 aliphatic heterocycles. The van der Waals surface area contributed by atoms with Gasteiger partial charge in [0.2, 0.25) is 15.9 Å². The number of nitrogens with one attached hydrogen (secondary N) is 1. The summed E-state index contributed by atoms with van der Waals surface area (Å²) in [7, 11) is -3.55. The van der Waals surface area contributed by atoms with Gasteiger partial charge in [-0.1, -0.05) is 42.2 Å². The molecule has 2 rings (SSSR count). The van der Waals surface area contributed by atoms with E-state index in [9.17, 15) is 13.2 Å². The Morgan fingerprint density at radius 3 is 2.38 bits per heavy atom. The first-order chi connectivity index (χ1) is 11.5.